The number of ether oxygens (including phenoxy) is 1. The highest BCUT2D eigenvalue weighted by Crippen LogP contribution is 2.19. The second-order valence-corrected chi connectivity index (χ2v) is 4.11. The molecular weight excluding hydrogens is 289 g/mol. The number of hydrogen-bond acceptors (Lipinski definition) is 4. The Hall–Kier alpha value is -2.58. The summed E-state index contributed by atoms with van der Waals surface area (Å²) in [6.07, 6.45) is -3.19. The van der Waals surface area contributed by atoms with E-state index >= 15 is 0 Å². The van der Waals surface area contributed by atoms with Crippen molar-refractivity contribution in [3.63, 3.8) is 0 Å². The van der Waals surface area contributed by atoms with Crippen LogP contribution < -0.4 is 10.1 Å². The Bertz CT molecular complexity index is 599. The molecule has 0 aliphatic carbocycles. The number of hydrogen-bond donors (Lipinski definition) is 2. The summed E-state index contributed by atoms with van der Waals surface area (Å²) >= 11 is 0. The molecule has 1 heterocycles. The van der Waals surface area contributed by atoms with Crippen LogP contribution >= 0.6 is 0 Å². The quantitative estimate of drug-likeness (QED) is 0.884. The van der Waals surface area contributed by atoms with E-state index in [2.05, 4.69) is 25.2 Å². The van der Waals surface area contributed by atoms with Crippen LogP contribution in [-0.2, 0) is 11.2 Å². The third kappa shape index (κ3) is 5.13. The van der Waals surface area contributed by atoms with Gasteiger partial charge in [0, 0.05) is 0 Å². The highest BCUT2D eigenvalue weighted by molar-refractivity contribution is 5.90. The van der Waals surface area contributed by atoms with Gasteiger partial charge in [0.05, 0.1) is 6.42 Å². The molecule has 21 heavy (non-hydrogen) atoms. The first kappa shape index (κ1) is 14.8. The summed E-state index contributed by atoms with van der Waals surface area (Å²) in [5.41, 5.74) is 0.520. The maximum Gasteiger partial charge on any atom is 0.422 e. The van der Waals surface area contributed by atoms with E-state index in [9.17, 15) is 18.0 Å². The third-order valence-electron chi connectivity index (χ3n) is 2.34. The van der Waals surface area contributed by atoms with E-state index in [-0.39, 0.29) is 24.0 Å². The minimum absolute atomic E-state index is 0.0239. The van der Waals surface area contributed by atoms with Crippen LogP contribution in [0.2, 0.25) is 0 Å². The summed E-state index contributed by atoms with van der Waals surface area (Å²) in [5.74, 6) is -0.124. The first-order chi connectivity index (χ1) is 9.92. The Kier molecular flexibility index (Phi) is 4.41. The van der Waals surface area contributed by atoms with Crippen LogP contribution in [0, 0.1) is 0 Å². The van der Waals surface area contributed by atoms with Gasteiger partial charge in [0.1, 0.15) is 12.1 Å². The van der Waals surface area contributed by atoms with Gasteiger partial charge in [-0.3, -0.25) is 10.1 Å². The van der Waals surface area contributed by atoms with E-state index in [4.69, 9.17) is 0 Å². The van der Waals surface area contributed by atoms with Crippen molar-refractivity contribution in [2.45, 2.75) is 12.6 Å². The lowest BCUT2D eigenvalue weighted by atomic mass is 10.1. The summed E-state index contributed by atoms with van der Waals surface area (Å²) in [7, 11) is 0. The molecule has 0 fully saturated rings. The number of halogens is 3. The molecule has 0 saturated carbocycles. The predicted molar refractivity (Wildman–Crippen MR) is 66.7 cm³/mol. The van der Waals surface area contributed by atoms with Gasteiger partial charge in [-0.05, 0) is 17.7 Å². The molecule has 9 heteroatoms. The van der Waals surface area contributed by atoms with Crippen LogP contribution in [-0.4, -0.2) is 33.9 Å². The van der Waals surface area contributed by atoms with Gasteiger partial charge in [0.15, 0.2) is 6.61 Å². The molecule has 0 radical (unpaired) electrons. The number of rotatable bonds is 5. The van der Waals surface area contributed by atoms with Crippen molar-refractivity contribution >= 4 is 11.9 Å². The number of aromatic nitrogens is 3. The Morgan fingerprint density at radius 2 is 2.19 bits per heavy atom. The van der Waals surface area contributed by atoms with E-state index < -0.39 is 12.8 Å². The van der Waals surface area contributed by atoms with Crippen LogP contribution in [0.25, 0.3) is 0 Å². The zero-order valence-electron chi connectivity index (χ0n) is 10.6. The van der Waals surface area contributed by atoms with Gasteiger partial charge in [-0.25, -0.2) is 5.10 Å². The van der Waals surface area contributed by atoms with Crippen molar-refractivity contribution in [2.24, 2.45) is 0 Å². The molecule has 0 spiro atoms. The number of carbonyl (C=O) groups excluding carboxylic acids is 1. The van der Waals surface area contributed by atoms with Gasteiger partial charge >= 0.3 is 6.18 Å². The standard InChI is InChI=1S/C12H11F3N4O2/c13-12(14,15)6-21-9-3-1-2-8(4-9)5-10(20)18-11-16-7-17-19-11/h1-4,7H,5-6H2,(H2,16,17,18,19,20). The van der Waals surface area contributed by atoms with Crippen LogP contribution in [0.1, 0.15) is 5.56 Å². The Balaban J connectivity index is 1.92. The molecule has 112 valence electrons. The van der Waals surface area contributed by atoms with Gasteiger partial charge in [0.2, 0.25) is 11.9 Å². The smallest absolute Gasteiger partial charge is 0.422 e. The number of H-pyrrole nitrogens is 1. The Morgan fingerprint density at radius 1 is 1.38 bits per heavy atom. The average Bonchev–Trinajstić information content (AvgIpc) is 2.88. The largest absolute Gasteiger partial charge is 0.484 e. The van der Waals surface area contributed by atoms with E-state index in [0.29, 0.717) is 5.56 Å². The molecule has 0 unspecified atom stereocenters. The summed E-state index contributed by atoms with van der Waals surface area (Å²) in [6, 6.07) is 5.90. The summed E-state index contributed by atoms with van der Waals surface area (Å²) < 4.78 is 40.8. The lowest BCUT2D eigenvalue weighted by Crippen LogP contribution is -2.19. The average molecular weight is 300 g/mol. The summed E-state index contributed by atoms with van der Waals surface area (Å²) in [4.78, 5) is 15.4. The van der Waals surface area contributed by atoms with Crippen LogP contribution in [0.3, 0.4) is 0 Å². The van der Waals surface area contributed by atoms with E-state index in [1.807, 2.05) is 0 Å². The Labute approximate surface area is 117 Å². The molecule has 6 nitrogen and oxygen atoms in total. The van der Waals surface area contributed by atoms with Gasteiger partial charge in [0.25, 0.3) is 0 Å². The van der Waals surface area contributed by atoms with Crippen molar-refractivity contribution in [1.82, 2.24) is 15.2 Å². The third-order valence-corrected chi connectivity index (χ3v) is 2.34. The lowest BCUT2D eigenvalue weighted by molar-refractivity contribution is -0.153. The summed E-state index contributed by atoms with van der Waals surface area (Å²) in [5, 5.41) is 8.48. The van der Waals surface area contributed by atoms with Crippen molar-refractivity contribution in [3.05, 3.63) is 36.2 Å². The molecule has 2 rings (SSSR count). The van der Waals surface area contributed by atoms with Gasteiger partial charge in [-0.15, -0.1) is 0 Å². The van der Waals surface area contributed by atoms with Gasteiger partial charge in [-0.1, -0.05) is 12.1 Å². The van der Waals surface area contributed by atoms with Crippen LogP contribution in [0.4, 0.5) is 19.1 Å². The molecule has 2 N–H and O–H groups in total. The Morgan fingerprint density at radius 3 is 2.86 bits per heavy atom. The molecule has 0 bridgehead atoms. The van der Waals surface area contributed by atoms with Gasteiger partial charge in [-0.2, -0.15) is 23.3 Å². The fourth-order valence-corrected chi connectivity index (χ4v) is 1.54. The SMILES string of the molecule is O=C(Cc1cccc(OCC(F)(F)F)c1)Nc1ncn[nH]1. The van der Waals surface area contributed by atoms with Gasteiger partial charge < -0.3 is 4.74 Å². The molecule has 2 aromatic rings. The number of anilines is 1. The monoisotopic (exact) mass is 300 g/mol. The van der Waals surface area contributed by atoms with Crippen LogP contribution in [0.5, 0.6) is 5.75 Å². The number of nitrogens with zero attached hydrogens (tertiary/aromatic N) is 2. The maximum atomic E-state index is 12.1. The fourth-order valence-electron chi connectivity index (χ4n) is 1.54. The van der Waals surface area contributed by atoms with E-state index in [1.54, 1.807) is 6.07 Å². The van der Waals surface area contributed by atoms with Crippen molar-refractivity contribution < 1.29 is 22.7 Å². The molecule has 0 aliphatic heterocycles. The second-order valence-electron chi connectivity index (χ2n) is 4.11. The molecule has 0 atom stereocenters. The number of benzene rings is 1. The number of amides is 1. The lowest BCUT2D eigenvalue weighted by Gasteiger charge is -2.10. The zero-order chi connectivity index (χ0) is 15.3. The van der Waals surface area contributed by atoms with Crippen LogP contribution in [0.15, 0.2) is 30.6 Å². The number of alkyl halides is 3. The number of nitrogens with one attached hydrogen (secondary N) is 2. The number of aromatic amines is 1. The fraction of sp³-hybridized carbons (Fsp3) is 0.250. The molecule has 0 saturated heterocycles. The first-order valence-electron chi connectivity index (χ1n) is 5.86. The topological polar surface area (TPSA) is 79.9 Å². The van der Waals surface area contributed by atoms with Crippen molar-refractivity contribution in [2.75, 3.05) is 11.9 Å². The minimum atomic E-state index is -4.40. The molecule has 0 aliphatic rings. The predicted octanol–water partition coefficient (Wildman–Crippen LogP) is 1.93. The highest BCUT2D eigenvalue weighted by Gasteiger charge is 2.28. The molecule has 1 aromatic carbocycles. The normalized spacial score (nSPS) is 11.2. The van der Waals surface area contributed by atoms with Crippen molar-refractivity contribution in [3.8, 4) is 5.75 Å². The van der Waals surface area contributed by atoms with E-state index in [0.717, 1.165) is 0 Å². The molecular formula is C12H11F3N4O2. The molecule has 1 amide bonds. The maximum absolute atomic E-state index is 12.1. The second kappa shape index (κ2) is 6.25. The van der Waals surface area contributed by atoms with E-state index in [1.165, 1.54) is 24.5 Å². The first-order valence-corrected chi connectivity index (χ1v) is 5.86. The zero-order valence-corrected chi connectivity index (χ0v) is 10.6. The summed E-state index contributed by atoms with van der Waals surface area (Å²) in [6.45, 7) is -1.37. The highest BCUT2D eigenvalue weighted by atomic mass is 19.4. The number of carbonyl (C=O) groups is 1. The van der Waals surface area contributed by atoms with Crippen molar-refractivity contribution in [1.29, 1.82) is 0 Å². The minimum Gasteiger partial charge on any atom is -0.484 e. The molecule has 1 aromatic heterocycles.